The molecule has 25 heavy (non-hydrogen) atoms. The van der Waals surface area contributed by atoms with Gasteiger partial charge in [-0.1, -0.05) is 6.42 Å². The molecule has 0 radical (unpaired) electrons. The molecule has 1 saturated heterocycles. The van der Waals surface area contributed by atoms with Gasteiger partial charge in [0.15, 0.2) is 0 Å². The number of nitrogens with zero attached hydrogens (tertiary/aromatic N) is 2. The Morgan fingerprint density at radius 2 is 1.88 bits per heavy atom. The zero-order chi connectivity index (χ0) is 17.6. The molecule has 2 fully saturated rings. The number of carbonyl (C=O) groups is 1. The molecule has 2 atom stereocenters. The van der Waals surface area contributed by atoms with Gasteiger partial charge in [-0.2, -0.15) is 0 Å². The van der Waals surface area contributed by atoms with Crippen molar-refractivity contribution >= 4 is 11.6 Å². The first kappa shape index (κ1) is 18.1. The molecule has 1 heterocycles. The summed E-state index contributed by atoms with van der Waals surface area (Å²) in [4.78, 5) is 16.7. The van der Waals surface area contributed by atoms with E-state index < -0.39 is 0 Å². The third-order valence-corrected chi connectivity index (χ3v) is 5.48. The van der Waals surface area contributed by atoms with Gasteiger partial charge in [0, 0.05) is 57.4 Å². The molecule has 3 N–H and O–H groups in total. The van der Waals surface area contributed by atoms with E-state index in [-0.39, 0.29) is 17.8 Å². The molecular weight excluding hydrogens is 319 g/mol. The van der Waals surface area contributed by atoms with Crippen molar-refractivity contribution in [2.45, 2.75) is 31.7 Å². The number of halogens is 1. The minimum atomic E-state index is -0.198. The Morgan fingerprint density at radius 1 is 1.16 bits per heavy atom. The summed E-state index contributed by atoms with van der Waals surface area (Å²) < 4.78 is 13.0. The monoisotopic (exact) mass is 348 g/mol. The number of piperazine rings is 1. The highest BCUT2D eigenvalue weighted by Crippen LogP contribution is 2.26. The molecule has 0 spiro atoms. The summed E-state index contributed by atoms with van der Waals surface area (Å²) in [5.41, 5.74) is 7.10. The van der Waals surface area contributed by atoms with Crippen molar-refractivity contribution in [3.63, 3.8) is 0 Å². The van der Waals surface area contributed by atoms with Crippen LogP contribution in [0.25, 0.3) is 0 Å². The van der Waals surface area contributed by atoms with Crippen molar-refractivity contribution in [3.8, 4) is 0 Å². The Balaban J connectivity index is 1.32. The lowest BCUT2D eigenvalue weighted by Crippen LogP contribution is -2.48. The number of rotatable bonds is 6. The van der Waals surface area contributed by atoms with E-state index in [4.69, 9.17) is 5.73 Å². The molecule has 1 aromatic carbocycles. The van der Waals surface area contributed by atoms with Crippen LogP contribution < -0.4 is 16.0 Å². The third-order valence-electron chi connectivity index (χ3n) is 5.48. The number of anilines is 1. The third kappa shape index (κ3) is 5.16. The molecule has 0 aromatic heterocycles. The highest BCUT2D eigenvalue weighted by atomic mass is 19.1. The maximum absolute atomic E-state index is 13.0. The average molecular weight is 348 g/mol. The summed E-state index contributed by atoms with van der Waals surface area (Å²) in [6.45, 7) is 5.34. The second-order valence-corrected chi connectivity index (χ2v) is 7.21. The van der Waals surface area contributed by atoms with E-state index in [0.717, 1.165) is 57.7 Å². The number of hydrogen-bond donors (Lipinski definition) is 2. The van der Waals surface area contributed by atoms with Gasteiger partial charge in [0.1, 0.15) is 5.82 Å². The highest BCUT2D eigenvalue weighted by Gasteiger charge is 2.26. The van der Waals surface area contributed by atoms with Gasteiger partial charge in [0.2, 0.25) is 5.91 Å². The molecule has 6 heteroatoms. The SMILES string of the molecule is N[C@@H]1CCC[C@H]1CC(=O)NCCN1CCN(c2ccc(F)cc2)CC1. The van der Waals surface area contributed by atoms with E-state index in [0.29, 0.717) is 18.9 Å². The number of carbonyl (C=O) groups excluding carboxylic acids is 1. The Kier molecular flexibility index (Phi) is 6.26. The van der Waals surface area contributed by atoms with Crippen molar-refractivity contribution in [3.05, 3.63) is 30.1 Å². The molecule has 138 valence electrons. The van der Waals surface area contributed by atoms with Crippen LogP contribution in [0.3, 0.4) is 0 Å². The molecule has 1 aliphatic carbocycles. The Labute approximate surface area is 149 Å². The fourth-order valence-electron chi connectivity index (χ4n) is 3.86. The molecule has 0 unspecified atom stereocenters. The number of hydrogen-bond acceptors (Lipinski definition) is 4. The van der Waals surface area contributed by atoms with Crippen LogP contribution >= 0.6 is 0 Å². The van der Waals surface area contributed by atoms with Crippen LogP contribution in [-0.2, 0) is 4.79 Å². The van der Waals surface area contributed by atoms with E-state index in [2.05, 4.69) is 15.1 Å². The van der Waals surface area contributed by atoms with Gasteiger partial charge in [0.05, 0.1) is 0 Å². The standard InChI is InChI=1S/C19H29FN4O/c20-16-4-6-17(7-5-16)24-12-10-23(11-13-24)9-8-22-19(25)14-15-2-1-3-18(15)21/h4-7,15,18H,1-3,8-14,21H2,(H,22,25)/t15-,18+/m0/s1. The number of nitrogens with one attached hydrogen (secondary N) is 1. The van der Waals surface area contributed by atoms with Gasteiger partial charge >= 0.3 is 0 Å². The number of amides is 1. The predicted molar refractivity (Wildman–Crippen MR) is 98.0 cm³/mol. The number of benzene rings is 1. The summed E-state index contributed by atoms with van der Waals surface area (Å²) >= 11 is 0. The fourth-order valence-corrected chi connectivity index (χ4v) is 3.86. The Hall–Kier alpha value is -1.66. The Bertz CT molecular complexity index is 557. The maximum atomic E-state index is 13.0. The Morgan fingerprint density at radius 3 is 2.52 bits per heavy atom. The zero-order valence-corrected chi connectivity index (χ0v) is 14.8. The van der Waals surface area contributed by atoms with Crippen molar-refractivity contribution < 1.29 is 9.18 Å². The molecule has 0 bridgehead atoms. The van der Waals surface area contributed by atoms with E-state index in [9.17, 15) is 9.18 Å². The molecule has 3 rings (SSSR count). The summed E-state index contributed by atoms with van der Waals surface area (Å²) in [5.74, 6) is 0.295. The topological polar surface area (TPSA) is 61.6 Å². The predicted octanol–water partition coefficient (Wildman–Crippen LogP) is 1.58. The molecular formula is C19H29FN4O. The van der Waals surface area contributed by atoms with Gasteiger partial charge in [-0.15, -0.1) is 0 Å². The quantitative estimate of drug-likeness (QED) is 0.819. The largest absolute Gasteiger partial charge is 0.369 e. The van der Waals surface area contributed by atoms with E-state index in [1.54, 1.807) is 0 Å². The van der Waals surface area contributed by atoms with Gasteiger partial charge in [-0.25, -0.2) is 4.39 Å². The van der Waals surface area contributed by atoms with Crippen LogP contribution in [0.5, 0.6) is 0 Å². The van der Waals surface area contributed by atoms with Crippen molar-refractivity contribution in [1.29, 1.82) is 0 Å². The minimum Gasteiger partial charge on any atom is -0.369 e. The van der Waals surface area contributed by atoms with Gasteiger partial charge < -0.3 is 16.0 Å². The van der Waals surface area contributed by atoms with Crippen molar-refractivity contribution in [1.82, 2.24) is 10.2 Å². The normalized spacial score (nSPS) is 24.5. The van der Waals surface area contributed by atoms with Gasteiger partial charge in [0.25, 0.3) is 0 Å². The summed E-state index contributed by atoms with van der Waals surface area (Å²) in [6.07, 6.45) is 3.85. The molecule has 1 aromatic rings. The molecule has 1 aliphatic heterocycles. The minimum absolute atomic E-state index is 0.132. The lowest BCUT2D eigenvalue weighted by molar-refractivity contribution is -0.122. The lowest BCUT2D eigenvalue weighted by atomic mass is 10.00. The smallest absolute Gasteiger partial charge is 0.220 e. The van der Waals surface area contributed by atoms with Crippen LogP contribution in [0, 0.1) is 11.7 Å². The van der Waals surface area contributed by atoms with Crippen molar-refractivity contribution in [2.75, 3.05) is 44.2 Å². The lowest BCUT2D eigenvalue weighted by Gasteiger charge is -2.36. The summed E-state index contributed by atoms with van der Waals surface area (Å²) in [5, 5.41) is 3.04. The average Bonchev–Trinajstić information content (AvgIpc) is 3.01. The molecule has 2 aliphatic rings. The van der Waals surface area contributed by atoms with E-state index in [1.165, 1.54) is 12.1 Å². The zero-order valence-electron chi connectivity index (χ0n) is 14.8. The molecule has 1 saturated carbocycles. The first-order valence-electron chi connectivity index (χ1n) is 9.37. The summed E-state index contributed by atoms with van der Waals surface area (Å²) in [7, 11) is 0. The maximum Gasteiger partial charge on any atom is 0.220 e. The number of nitrogens with two attached hydrogens (primary N) is 1. The van der Waals surface area contributed by atoms with Crippen LogP contribution in [0.15, 0.2) is 24.3 Å². The van der Waals surface area contributed by atoms with Crippen molar-refractivity contribution in [2.24, 2.45) is 11.7 Å². The van der Waals surface area contributed by atoms with Crippen LogP contribution in [0.4, 0.5) is 10.1 Å². The summed E-state index contributed by atoms with van der Waals surface area (Å²) in [6, 6.07) is 6.88. The van der Waals surface area contributed by atoms with Crippen LogP contribution in [-0.4, -0.2) is 56.1 Å². The van der Waals surface area contributed by atoms with Crippen LogP contribution in [0.1, 0.15) is 25.7 Å². The second kappa shape index (κ2) is 8.63. The first-order valence-corrected chi connectivity index (χ1v) is 9.37. The van der Waals surface area contributed by atoms with E-state index in [1.807, 2.05) is 12.1 Å². The molecule has 1 amide bonds. The van der Waals surface area contributed by atoms with Gasteiger partial charge in [-0.05, 0) is 43.0 Å². The fraction of sp³-hybridized carbons (Fsp3) is 0.632. The van der Waals surface area contributed by atoms with Crippen LogP contribution in [0.2, 0.25) is 0 Å². The molecule has 5 nitrogen and oxygen atoms in total. The van der Waals surface area contributed by atoms with Gasteiger partial charge in [-0.3, -0.25) is 9.69 Å². The van der Waals surface area contributed by atoms with E-state index >= 15 is 0 Å². The highest BCUT2D eigenvalue weighted by molar-refractivity contribution is 5.76. The second-order valence-electron chi connectivity index (χ2n) is 7.21. The first-order chi connectivity index (χ1) is 12.1.